The highest BCUT2D eigenvalue weighted by Crippen LogP contribution is 2.42. The molecule has 0 radical (unpaired) electrons. The van der Waals surface area contributed by atoms with Crippen molar-refractivity contribution >= 4 is 15.9 Å². The maximum Gasteiger partial charge on any atom is 0.164 e. The summed E-state index contributed by atoms with van der Waals surface area (Å²) in [5.74, 6) is 1.50. The van der Waals surface area contributed by atoms with Crippen LogP contribution in [0.1, 0.15) is 31.9 Å². The van der Waals surface area contributed by atoms with Crippen molar-refractivity contribution in [3.63, 3.8) is 0 Å². The summed E-state index contributed by atoms with van der Waals surface area (Å²) in [6, 6.07) is 1.90. The lowest BCUT2D eigenvalue weighted by Crippen LogP contribution is -2.30. The zero-order chi connectivity index (χ0) is 13.2. The number of halogens is 1. The van der Waals surface area contributed by atoms with Crippen LogP contribution in [0.5, 0.6) is 11.5 Å². The van der Waals surface area contributed by atoms with Crippen molar-refractivity contribution < 1.29 is 9.47 Å². The molecular formula is C13H20BrNO2. The first kappa shape index (κ1) is 14.3. The average molecular weight is 302 g/mol. The molecule has 0 saturated heterocycles. The lowest BCUT2D eigenvalue weighted by atomic mass is 9.89. The van der Waals surface area contributed by atoms with Crippen LogP contribution in [0.3, 0.4) is 0 Å². The lowest BCUT2D eigenvalue weighted by molar-refractivity contribution is 0.349. The lowest BCUT2D eigenvalue weighted by Gasteiger charge is -2.26. The van der Waals surface area contributed by atoms with Crippen molar-refractivity contribution in [2.24, 2.45) is 5.73 Å². The second-order valence-electron chi connectivity index (χ2n) is 4.52. The van der Waals surface area contributed by atoms with Crippen LogP contribution in [0.25, 0.3) is 0 Å². The van der Waals surface area contributed by atoms with Crippen molar-refractivity contribution in [2.45, 2.75) is 32.7 Å². The number of methoxy groups -OCH3 is 2. The SMILES string of the molecule is CCc1c(OC)c(OC)cc(Br)c1C(C)(C)N. The minimum Gasteiger partial charge on any atom is -0.493 e. The first-order chi connectivity index (χ1) is 7.86. The third kappa shape index (κ3) is 2.75. The van der Waals surface area contributed by atoms with Gasteiger partial charge in [-0.25, -0.2) is 0 Å². The maximum absolute atomic E-state index is 6.22. The molecule has 0 heterocycles. The summed E-state index contributed by atoms with van der Waals surface area (Å²) >= 11 is 3.56. The number of hydrogen-bond acceptors (Lipinski definition) is 3. The van der Waals surface area contributed by atoms with Crippen molar-refractivity contribution in [1.29, 1.82) is 0 Å². The second kappa shape index (κ2) is 5.27. The average Bonchev–Trinajstić information content (AvgIpc) is 2.25. The van der Waals surface area contributed by atoms with Crippen LogP contribution in [0.15, 0.2) is 10.5 Å². The summed E-state index contributed by atoms with van der Waals surface area (Å²) in [6.07, 6.45) is 0.842. The quantitative estimate of drug-likeness (QED) is 0.928. The third-order valence-electron chi connectivity index (χ3n) is 2.72. The number of benzene rings is 1. The second-order valence-corrected chi connectivity index (χ2v) is 5.38. The van der Waals surface area contributed by atoms with Crippen LogP contribution in [0.2, 0.25) is 0 Å². The van der Waals surface area contributed by atoms with E-state index in [0.29, 0.717) is 0 Å². The zero-order valence-corrected chi connectivity index (χ0v) is 12.6. The third-order valence-corrected chi connectivity index (χ3v) is 3.34. The molecule has 2 N–H and O–H groups in total. The molecule has 0 aliphatic carbocycles. The van der Waals surface area contributed by atoms with Crippen LogP contribution in [-0.2, 0) is 12.0 Å². The molecule has 96 valence electrons. The van der Waals surface area contributed by atoms with Gasteiger partial charge in [-0.2, -0.15) is 0 Å². The van der Waals surface area contributed by atoms with E-state index in [0.717, 1.165) is 33.5 Å². The molecule has 1 aromatic rings. The van der Waals surface area contributed by atoms with Crippen molar-refractivity contribution in [3.8, 4) is 11.5 Å². The van der Waals surface area contributed by atoms with E-state index in [1.165, 1.54) is 0 Å². The van der Waals surface area contributed by atoms with E-state index in [1.54, 1.807) is 14.2 Å². The fourth-order valence-electron chi connectivity index (χ4n) is 2.07. The van der Waals surface area contributed by atoms with Crippen LogP contribution >= 0.6 is 15.9 Å². The van der Waals surface area contributed by atoms with E-state index in [-0.39, 0.29) is 0 Å². The van der Waals surface area contributed by atoms with Gasteiger partial charge in [0.05, 0.1) is 14.2 Å². The summed E-state index contributed by atoms with van der Waals surface area (Å²) in [7, 11) is 3.29. The van der Waals surface area contributed by atoms with E-state index in [1.807, 2.05) is 19.9 Å². The van der Waals surface area contributed by atoms with Crippen molar-refractivity contribution in [1.82, 2.24) is 0 Å². The van der Waals surface area contributed by atoms with E-state index < -0.39 is 5.54 Å². The number of rotatable bonds is 4. The molecule has 1 rings (SSSR count). The van der Waals surface area contributed by atoms with Gasteiger partial charge in [0.15, 0.2) is 11.5 Å². The topological polar surface area (TPSA) is 44.5 Å². The maximum atomic E-state index is 6.22. The van der Waals surface area contributed by atoms with Crippen molar-refractivity contribution in [3.05, 3.63) is 21.7 Å². The van der Waals surface area contributed by atoms with Gasteiger partial charge in [-0.1, -0.05) is 22.9 Å². The van der Waals surface area contributed by atoms with Gasteiger partial charge in [-0.3, -0.25) is 0 Å². The molecule has 0 atom stereocenters. The van der Waals surface area contributed by atoms with Gasteiger partial charge < -0.3 is 15.2 Å². The molecule has 0 aliphatic heterocycles. The Labute approximate surface area is 111 Å². The van der Waals surface area contributed by atoms with Gasteiger partial charge in [0.2, 0.25) is 0 Å². The molecular weight excluding hydrogens is 282 g/mol. The Bertz CT molecular complexity index is 411. The molecule has 1 aromatic carbocycles. The molecule has 17 heavy (non-hydrogen) atoms. The summed E-state index contributed by atoms with van der Waals surface area (Å²) in [5.41, 5.74) is 7.95. The fraction of sp³-hybridized carbons (Fsp3) is 0.538. The van der Waals surface area contributed by atoms with Crippen LogP contribution in [0.4, 0.5) is 0 Å². The highest BCUT2D eigenvalue weighted by molar-refractivity contribution is 9.10. The number of nitrogens with two attached hydrogens (primary N) is 1. The molecule has 0 bridgehead atoms. The largest absolute Gasteiger partial charge is 0.493 e. The first-order valence-corrected chi connectivity index (χ1v) is 6.38. The Morgan fingerprint density at radius 1 is 1.29 bits per heavy atom. The molecule has 0 spiro atoms. The van der Waals surface area contributed by atoms with Gasteiger partial charge in [0.25, 0.3) is 0 Å². The van der Waals surface area contributed by atoms with E-state index in [4.69, 9.17) is 15.2 Å². The summed E-state index contributed by atoms with van der Waals surface area (Å²) in [4.78, 5) is 0. The summed E-state index contributed by atoms with van der Waals surface area (Å²) in [6.45, 7) is 6.05. The minimum atomic E-state index is -0.427. The molecule has 0 aromatic heterocycles. The van der Waals surface area contributed by atoms with E-state index >= 15 is 0 Å². The molecule has 0 unspecified atom stereocenters. The number of ether oxygens (including phenoxy) is 2. The van der Waals surface area contributed by atoms with Crippen LogP contribution in [0, 0.1) is 0 Å². The normalized spacial score (nSPS) is 11.5. The molecule has 0 aliphatic rings. The smallest absolute Gasteiger partial charge is 0.164 e. The highest BCUT2D eigenvalue weighted by atomic mass is 79.9. The summed E-state index contributed by atoms with van der Waals surface area (Å²) < 4.78 is 11.7. The molecule has 0 saturated carbocycles. The summed E-state index contributed by atoms with van der Waals surface area (Å²) in [5, 5.41) is 0. The Balaban J connectivity index is 3.61. The zero-order valence-electron chi connectivity index (χ0n) is 11.1. The predicted octanol–water partition coefficient (Wildman–Crippen LogP) is 3.22. The minimum absolute atomic E-state index is 0.427. The van der Waals surface area contributed by atoms with Gasteiger partial charge in [-0.05, 0) is 31.9 Å². The Hall–Kier alpha value is -0.740. The Morgan fingerprint density at radius 3 is 2.24 bits per heavy atom. The fourth-order valence-corrected chi connectivity index (χ4v) is 3.03. The monoisotopic (exact) mass is 301 g/mol. The molecule has 0 amide bonds. The Morgan fingerprint density at radius 2 is 1.88 bits per heavy atom. The van der Waals surface area contributed by atoms with Crippen LogP contribution < -0.4 is 15.2 Å². The number of hydrogen-bond donors (Lipinski definition) is 1. The highest BCUT2D eigenvalue weighted by Gasteiger charge is 2.26. The van der Waals surface area contributed by atoms with Crippen LogP contribution in [-0.4, -0.2) is 14.2 Å². The van der Waals surface area contributed by atoms with Gasteiger partial charge in [0.1, 0.15) is 0 Å². The molecule has 4 heteroatoms. The van der Waals surface area contributed by atoms with Gasteiger partial charge in [-0.15, -0.1) is 0 Å². The first-order valence-electron chi connectivity index (χ1n) is 5.59. The van der Waals surface area contributed by atoms with E-state index in [9.17, 15) is 0 Å². The molecule has 0 fully saturated rings. The van der Waals surface area contributed by atoms with Gasteiger partial charge in [0, 0.05) is 15.6 Å². The van der Waals surface area contributed by atoms with Gasteiger partial charge >= 0.3 is 0 Å². The standard InChI is InChI=1S/C13H20BrNO2/c1-6-8-11(13(2,3)15)9(14)7-10(16-4)12(8)17-5/h7H,6,15H2,1-5H3. The molecule has 3 nitrogen and oxygen atoms in total. The Kier molecular flexibility index (Phi) is 4.44. The van der Waals surface area contributed by atoms with E-state index in [2.05, 4.69) is 22.9 Å². The predicted molar refractivity (Wildman–Crippen MR) is 73.8 cm³/mol. The van der Waals surface area contributed by atoms with Crippen molar-refractivity contribution in [2.75, 3.05) is 14.2 Å².